The zero-order valence-electron chi connectivity index (χ0n) is 18.9. The first-order chi connectivity index (χ1) is 16.4. The highest BCUT2D eigenvalue weighted by atomic mass is 32.2. The highest BCUT2D eigenvalue weighted by Gasteiger charge is 2.24. The Morgan fingerprint density at radius 2 is 1.82 bits per heavy atom. The van der Waals surface area contributed by atoms with E-state index in [1.165, 1.54) is 42.6 Å². The van der Waals surface area contributed by atoms with Crippen molar-refractivity contribution in [1.29, 1.82) is 0 Å². The summed E-state index contributed by atoms with van der Waals surface area (Å²) in [6, 6.07) is 13.3. The average molecular weight is 477 g/mol. The van der Waals surface area contributed by atoms with Crippen LogP contribution in [0.2, 0.25) is 0 Å². The third-order valence-electron chi connectivity index (χ3n) is 6.32. The standard InChI is InChI=1S/C25H24N4O4S/c1-16-13-22(23(33-2)15-20(16)17-5-3-6-17)29-21-9-8-19(14-18(21)7-10-24(29)30)34(31,32)28-25-26-11-4-12-27-25/h4,7-15,17H,3,5-6H2,1-2H3,(H,26,27,28). The van der Waals surface area contributed by atoms with E-state index in [1.807, 2.05) is 12.1 Å². The van der Waals surface area contributed by atoms with Gasteiger partial charge in [0.25, 0.3) is 15.6 Å². The van der Waals surface area contributed by atoms with Crippen molar-refractivity contribution in [2.45, 2.75) is 37.0 Å². The molecule has 5 rings (SSSR count). The Morgan fingerprint density at radius 3 is 2.50 bits per heavy atom. The number of aromatic nitrogens is 3. The van der Waals surface area contributed by atoms with Gasteiger partial charge in [0.1, 0.15) is 5.75 Å². The molecule has 0 bridgehead atoms. The van der Waals surface area contributed by atoms with Gasteiger partial charge in [0.05, 0.1) is 23.2 Å². The Hall–Kier alpha value is -3.72. The molecule has 34 heavy (non-hydrogen) atoms. The van der Waals surface area contributed by atoms with E-state index < -0.39 is 10.0 Å². The van der Waals surface area contributed by atoms with E-state index >= 15 is 0 Å². The molecule has 9 heteroatoms. The fraction of sp³-hybridized carbons (Fsp3) is 0.240. The van der Waals surface area contributed by atoms with Gasteiger partial charge in [0.15, 0.2) is 0 Å². The van der Waals surface area contributed by atoms with E-state index in [9.17, 15) is 13.2 Å². The summed E-state index contributed by atoms with van der Waals surface area (Å²) in [5.41, 5.74) is 3.34. The number of hydrogen-bond acceptors (Lipinski definition) is 6. The van der Waals surface area contributed by atoms with E-state index in [2.05, 4.69) is 21.6 Å². The fourth-order valence-electron chi connectivity index (χ4n) is 4.36. The zero-order valence-corrected chi connectivity index (χ0v) is 19.7. The molecule has 2 aromatic carbocycles. The maximum Gasteiger partial charge on any atom is 0.264 e. The second-order valence-electron chi connectivity index (χ2n) is 8.41. The van der Waals surface area contributed by atoms with Crippen LogP contribution >= 0.6 is 0 Å². The van der Waals surface area contributed by atoms with Crippen LogP contribution < -0.4 is 15.0 Å². The molecule has 1 fully saturated rings. The highest BCUT2D eigenvalue weighted by Crippen LogP contribution is 2.41. The van der Waals surface area contributed by atoms with Crippen molar-refractivity contribution < 1.29 is 13.2 Å². The third kappa shape index (κ3) is 3.92. The highest BCUT2D eigenvalue weighted by molar-refractivity contribution is 7.92. The van der Waals surface area contributed by atoms with Crippen molar-refractivity contribution in [3.05, 3.63) is 82.4 Å². The molecule has 1 N–H and O–H groups in total. The van der Waals surface area contributed by atoms with Gasteiger partial charge in [-0.2, -0.15) is 0 Å². The van der Waals surface area contributed by atoms with Crippen LogP contribution in [0.1, 0.15) is 36.3 Å². The van der Waals surface area contributed by atoms with Gasteiger partial charge in [-0.3, -0.25) is 9.36 Å². The first-order valence-electron chi connectivity index (χ1n) is 11.0. The predicted octanol–water partition coefficient (Wildman–Crippen LogP) is 4.17. The number of benzene rings is 2. The van der Waals surface area contributed by atoms with Crippen molar-refractivity contribution in [3.8, 4) is 11.4 Å². The molecule has 0 amide bonds. The molecule has 0 unspecified atom stereocenters. The summed E-state index contributed by atoms with van der Waals surface area (Å²) in [4.78, 5) is 20.9. The monoisotopic (exact) mass is 476 g/mol. The van der Waals surface area contributed by atoms with Crippen LogP contribution in [-0.4, -0.2) is 30.1 Å². The van der Waals surface area contributed by atoms with Crippen molar-refractivity contribution in [2.75, 3.05) is 11.8 Å². The van der Waals surface area contributed by atoms with Crippen LogP contribution in [0.15, 0.2) is 70.6 Å². The molecule has 1 saturated carbocycles. The van der Waals surface area contributed by atoms with E-state index in [0.29, 0.717) is 28.3 Å². The molecule has 1 aliphatic carbocycles. The molecule has 0 radical (unpaired) electrons. The van der Waals surface area contributed by atoms with E-state index in [0.717, 1.165) is 18.4 Å². The summed E-state index contributed by atoms with van der Waals surface area (Å²) in [5.74, 6) is 1.13. The molecule has 0 atom stereocenters. The predicted molar refractivity (Wildman–Crippen MR) is 130 cm³/mol. The van der Waals surface area contributed by atoms with Gasteiger partial charge in [-0.25, -0.2) is 23.1 Å². The molecule has 2 heterocycles. The lowest BCUT2D eigenvalue weighted by molar-refractivity contribution is 0.400. The Bertz CT molecular complexity index is 1540. The Labute approximate surface area is 197 Å². The lowest BCUT2D eigenvalue weighted by Gasteiger charge is -2.28. The van der Waals surface area contributed by atoms with Gasteiger partial charge in [-0.05, 0) is 79.3 Å². The van der Waals surface area contributed by atoms with E-state index in [4.69, 9.17) is 4.74 Å². The van der Waals surface area contributed by atoms with Crippen LogP contribution in [0.5, 0.6) is 5.75 Å². The normalized spacial score (nSPS) is 14.1. The van der Waals surface area contributed by atoms with Gasteiger partial charge < -0.3 is 4.74 Å². The summed E-state index contributed by atoms with van der Waals surface area (Å²) >= 11 is 0. The van der Waals surface area contributed by atoms with Crippen LogP contribution in [0.4, 0.5) is 5.95 Å². The number of methoxy groups -OCH3 is 1. The van der Waals surface area contributed by atoms with Gasteiger partial charge >= 0.3 is 0 Å². The number of sulfonamides is 1. The van der Waals surface area contributed by atoms with Crippen molar-refractivity contribution in [1.82, 2.24) is 14.5 Å². The lowest BCUT2D eigenvalue weighted by Crippen LogP contribution is -2.20. The molecular formula is C25H24N4O4S. The number of ether oxygens (including phenoxy) is 1. The summed E-state index contributed by atoms with van der Waals surface area (Å²) in [6.07, 6.45) is 6.46. The van der Waals surface area contributed by atoms with Crippen LogP contribution in [0.3, 0.4) is 0 Å². The summed E-state index contributed by atoms with van der Waals surface area (Å²) in [5, 5.41) is 0.597. The van der Waals surface area contributed by atoms with Crippen molar-refractivity contribution in [2.24, 2.45) is 0 Å². The lowest BCUT2D eigenvalue weighted by atomic mass is 9.78. The second kappa shape index (κ2) is 8.57. The first-order valence-corrected chi connectivity index (χ1v) is 12.5. The zero-order chi connectivity index (χ0) is 23.9. The van der Waals surface area contributed by atoms with Crippen LogP contribution in [-0.2, 0) is 10.0 Å². The Kier molecular flexibility index (Phi) is 5.57. The minimum atomic E-state index is -3.91. The molecule has 2 aromatic heterocycles. The smallest absolute Gasteiger partial charge is 0.264 e. The van der Waals surface area contributed by atoms with Gasteiger partial charge in [-0.1, -0.05) is 6.42 Å². The number of nitrogens with zero attached hydrogens (tertiary/aromatic N) is 3. The number of anilines is 1. The fourth-order valence-corrected chi connectivity index (χ4v) is 5.35. The van der Waals surface area contributed by atoms with Gasteiger partial charge in [0, 0.05) is 23.8 Å². The minimum absolute atomic E-state index is 0.0145. The van der Waals surface area contributed by atoms with Gasteiger partial charge in [0.2, 0.25) is 5.95 Å². The SMILES string of the molecule is COc1cc(C2CCC2)c(C)cc1-n1c(=O)ccc2cc(S(=O)(=O)Nc3ncccn3)ccc21. The number of rotatable bonds is 6. The molecule has 0 saturated heterocycles. The molecule has 8 nitrogen and oxygen atoms in total. The topological polar surface area (TPSA) is 103 Å². The molecular weight excluding hydrogens is 452 g/mol. The van der Waals surface area contributed by atoms with E-state index in [1.54, 1.807) is 29.9 Å². The average Bonchev–Trinajstić information content (AvgIpc) is 2.79. The molecule has 0 spiro atoms. The molecule has 4 aromatic rings. The van der Waals surface area contributed by atoms with E-state index in [-0.39, 0.29) is 16.4 Å². The third-order valence-corrected chi connectivity index (χ3v) is 7.65. The first kappa shape index (κ1) is 22.1. The Morgan fingerprint density at radius 1 is 1.06 bits per heavy atom. The van der Waals surface area contributed by atoms with Gasteiger partial charge in [-0.15, -0.1) is 0 Å². The maximum absolute atomic E-state index is 13.0. The van der Waals surface area contributed by atoms with Crippen LogP contribution in [0.25, 0.3) is 16.6 Å². The summed E-state index contributed by atoms with van der Waals surface area (Å²) in [6.45, 7) is 2.05. The quantitative estimate of drug-likeness (QED) is 0.448. The molecule has 174 valence electrons. The minimum Gasteiger partial charge on any atom is -0.495 e. The largest absolute Gasteiger partial charge is 0.495 e. The summed E-state index contributed by atoms with van der Waals surface area (Å²) < 4.78 is 35.4. The number of aryl methyl sites for hydroxylation is 1. The molecule has 0 aliphatic heterocycles. The Balaban J connectivity index is 1.61. The van der Waals surface area contributed by atoms with Crippen LogP contribution in [0, 0.1) is 6.92 Å². The second-order valence-corrected chi connectivity index (χ2v) is 10.1. The molecule has 1 aliphatic rings. The number of fused-ring (bicyclic) bond motifs is 1. The number of nitrogens with one attached hydrogen (secondary N) is 1. The van der Waals surface area contributed by atoms with Crippen molar-refractivity contribution in [3.63, 3.8) is 0 Å². The number of hydrogen-bond donors (Lipinski definition) is 1. The summed E-state index contributed by atoms with van der Waals surface area (Å²) in [7, 11) is -2.32. The maximum atomic E-state index is 13.0. The van der Waals surface area contributed by atoms with Crippen molar-refractivity contribution >= 4 is 26.9 Å². The number of pyridine rings is 1.